The van der Waals surface area contributed by atoms with E-state index in [4.69, 9.17) is 4.74 Å². The zero-order valence-corrected chi connectivity index (χ0v) is 19.1. The highest BCUT2D eigenvalue weighted by atomic mass is 16.5. The molecule has 5 nitrogen and oxygen atoms in total. The van der Waals surface area contributed by atoms with Gasteiger partial charge < -0.3 is 15.4 Å². The smallest absolute Gasteiger partial charge is 0.242 e. The monoisotopic (exact) mass is 418 g/mol. The molecule has 5 saturated carbocycles. The van der Waals surface area contributed by atoms with Gasteiger partial charge >= 0.3 is 0 Å². The number of ether oxygens (including phenoxy) is 1. The van der Waals surface area contributed by atoms with Gasteiger partial charge in [-0.15, -0.1) is 0 Å². The molecule has 0 aromatic rings. The van der Waals surface area contributed by atoms with Crippen LogP contribution in [0.2, 0.25) is 0 Å². The lowest BCUT2D eigenvalue weighted by Crippen LogP contribution is -2.58. The topological polar surface area (TPSA) is 67.4 Å². The minimum absolute atomic E-state index is 0.0410. The Hall–Kier alpha value is -1.10. The van der Waals surface area contributed by atoms with Crippen LogP contribution in [0.4, 0.5) is 0 Å². The third-order valence-corrected chi connectivity index (χ3v) is 8.28. The molecule has 0 aliphatic heterocycles. The van der Waals surface area contributed by atoms with Crippen LogP contribution in [0.1, 0.15) is 90.9 Å². The summed E-state index contributed by atoms with van der Waals surface area (Å²) in [4.78, 5) is 26.2. The summed E-state index contributed by atoms with van der Waals surface area (Å²) in [6.07, 6.45) is 14.6. The molecule has 1 atom stereocenters. The highest BCUT2D eigenvalue weighted by Gasteiger charge is 2.55. The van der Waals surface area contributed by atoms with Crippen molar-refractivity contribution in [3.05, 3.63) is 0 Å². The lowest BCUT2D eigenvalue weighted by molar-refractivity contribution is -0.149. The molecule has 5 heteroatoms. The first-order valence-electron chi connectivity index (χ1n) is 12.7. The maximum atomic E-state index is 13.4. The van der Waals surface area contributed by atoms with E-state index in [0.29, 0.717) is 19.3 Å². The molecule has 0 spiro atoms. The number of amides is 2. The Balaban J connectivity index is 1.23. The normalized spacial score (nSPS) is 34.2. The average Bonchev–Trinajstić information content (AvgIpc) is 2.71. The van der Waals surface area contributed by atoms with E-state index in [1.165, 1.54) is 51.4 Å². The zero-order chi connectivity index (χ0) is 21.1. The molecule has 2 amide bonds. The molecule has 0 unspecified atom stereocenters. The molecule has 0 aromatic heterocycles. The van der Waals surface area contributed by atoms with Crippen LogP contribution in [0.15, 0.2) is 0 Å². The Bertz CT molecular complexity index is 576. The largest absolute Gasteiger partial charge is 0.378 e. The van der Waals surface area contributed by atoms with E-state index >= 15 is 0 Å². The Morgan fingerprint density at radius 2 is 1.57 bits per heavy atom. The minimum Gasteiger partial charge on any atom is -0.378 e. The van der Waals surface area contributed by atoms with Crippen molar-refractivity contribution in [2.24, 2.45) is 29.1 Å². The molecule has 5 fully saturated rings. The molecule has 5 rings (SSSR count). The zero-order valence-electron chi connectivity index (χ0n) is 19.1. The second kappa shape index (κ2) is 9.58. The summed E-state index contributed by atoms with van der Waals surface area (Å²) in [6.45, 7) is 5.37. The van der Waals surface area contributed by atoms with Crippen molar-refractivity contribution < 1.29 is 14.3 Å². The van der Waals surface area contributed by atoms with Gasteiger partial charge in [-0.05, 0) is 81.5 Å². The van der Waals surface area contributed by atoms with Gasteiger partial charge in [0.05, 0.1) is 6.10 Å². The van der Waals surface area contributed by atoms with E-state index in [2.05, 4.69) is 10.6 Å². The lowest BCUT2D eigenvalue weighted by atomic mass is 9.49. The highest BCUT2D eigenvalue weighted by Crippen LogP contribution is 2.60. The van der Waals surface area contributed by atoms with Crippen LogP contribution >= 0.6 is 0 Å². The molecule has 2 N–H and O–H groups in total. The molecule has 5 aliphatic carbocycles. The van der Waals surface area contributed by atoms with Crippen LogP contribution in [-0.4, -0.2) is 37.1 Å². The first-order chi connectivity index (χ1) is 14.4. The Kier molecular flexibility index (Phi) is 7.06. The van der Waals surface area contributed by atoms with Crippen molar-refractivity contribution in [3.8, 4) is 0 Å². The summed E-state index contributed by atoms with van der Waals surface area (Å²) < 4.78 is 5.95. The molecule has 0 radical (unpaired) electrons. The lowest BCUT2D eigenvalue weighted by Gasteiger charge is -2.55. The van der Waals surface area contributed by atoms with Gasteiger partial charge in [-0.1, -0.05) is 33.1 Å². The summed E-state index contributed by atoms with van der Waals surface area (Å²) >= 11 is 0. The number of hydrogen-bond acceptors (Lipinski definition) is 3. The second-order valence-corrected chi connectivity index (χ2v) is 11.2. The van der Waals surface area contributed by atoms with E-state index in [-0.39, 0.29) is 23.1 Å². The second-order valence-electron chi connectivity index (χ2n) is 11.2. The van der Waals surface area contributed by atoms with Crippen LogP contribution in [0.5, 0.6) is 0 Å². The predicted molar refractivity (Wildman–Crippen MR) is 118 cm³/mol. The van der Waals surface area contributed by atoms with Crippen molar-refractivity contribution >= 4 is 11.8 Å². The van der Waals surface area contributed by atoms with E-state index in [9.17, 15) is 9.59 Å². The number of carbonyl (C=O) groups excluding carboxylic acids is 2. The summed E-state index contributed by atoms with van der Waals surface area (Å²) in [5.74, 6) is 2.39. The van der Waals surface area contributed by atoms with Gasteiger partial charge in [0.1, 0.15) is 6.04 Å². The molecule has 0 heterocycles. The van der Waals surface area contributed by atoms with Gasteiger partial charge in [-0.3, -0.25) is 9.59 Å². The standard InChI is InChI=1S/C25H42N2O3/c1-17(2)22(23(28)26-9-6-10-30-21-7-4-3-5-8-21)27-24(29)25-14-18-11-19(15-25)13-20(12-18)16-25/h17-22H,3-16H2,1-2H3,(H,26,28)(H,27,29)/t18?,19?,20?,22-,25?/m0/s1. The fourth-order valence-corrected chi connectivity index (χ4v) is 7.09. The SMILES string of the molecule is CC(C)[C@H](NC(=O)C12CC3CC(CC(C3)C1)C2)C(=O)NCCCOC1CCCCC1. The number of hydrogen-bond donors (Lipinski definition) is 2. The summed E-state index contributed by atoms with van der Waals surface area (Å²) in [7, 11) is 0. The van der Waals surface area contributed by atoms with Gasteiger partial charge in [0.15, 0.2) is 0 Å². The third kappa shape index (κ3) is 5.03. The minimum atomic E-state index is -0.440. The number of carbonyl (C=O) groups is 2. The van der Waals surface area contributed by atoms with Gasteiger partial charge in [0, 0.05) is 18.6 Å². The van der Waals surface area contributed by atoms with Crippen LogP contribution in [-0.2, 0) is 14.3 Å². The van der Waals surface area contributed by atoms with E-state index in [1.807, 2.05) is 13.8 Å². The van der Waals surface area contributed by atoms with E-state index < -0.39 is 6.04 Å². The predicted octanol–water partition coefficient (Wildman–Crippen LogP) is 4.20. The summed E-state index contributed by atoms with van der Waals surface area (Å²) in [6, 6.07) is -0.440. The van der Waals surface area contributed by atoms with Crippen LogP contribution in [0.25, 0.3) is 0 Å². The fraction of sp³-hybridized carbons (Fsp3) is 0.920. The molecule has 30 heavy (non-hydrogen) atoms. The van der Waals surface area contributed by atoms with Crippen LogP contribution in [0, 0.1) is 29.1 Å². The van der Waals surface area contributed by atoms with Crippen molar-refractivity contribution in [3.63, 3.8) is 0 Å². The Morgan fingerprint density at radius 3 is 2.13 bits per heavy atom. The van der Waals surface area contributed by atoms with Crippen molar-refractivity contribution in [1.82, 2.24) is 10.6 Å². The average molecular weight is 419 g/mol. The fourth-order valence-electron chi connectivity index (χ4n) is 7.09. The quantitative estimate of drug-likeness (QED) is 0.552. The maximum absolute atomic E-state index is 13.4. The Labute approximate surface area is 182 Å². The van der Waals surface area contributed by atoms with E-state index in [1.54, 1.807) is 0 Å². The molecule has 170 valence electrons. The van der Waals surface area contributed by atoms with Crippen LogP contribution < -0.4 is 10.6 Å². The first kappa shape index (κ1) is 22.1. The van der Waals surface area contributed by atoms with Crippen LogP contribution in [0.3, 0.4) is 0 Å². The van der Waals surface area contributed by atoms with Gasteiger partial charge in [-0.2, -0.15) is 0 Å². The first-order valence-corrected chi connectivity index (χ1v) is 12.7. The molecule has 0 saturated heterocycles. The summed E-state index contributed by atoms with van der Waals surface area (Å²) in [5, 5.41) is 6.23. The molecular formula is C25H42N2O3. The molecule has 4 bridgehead atoms. The highest BCUT2D eigenvalue weighted by molar-refractivity contribution is 5.90. The van der Waals surface area contributed by atoms with Crippen molar-refractivity contribution in [2.45, 2.75) is 103 Å². The Morgan fingerprint density at radius 1 is 0.967 bits per heavy atom. The van der Waals surface area contributed by atoms with Crippen molar-refractivity contribution in [2.75, 3.05) is 13.2 Å². The molecular weight excluding hydrogens is 376 g/mol. The van der Waals surface area contributed by atoms with E-state index in [0.717, 1.165) is 43.4 Å². The van der Waals surface area contributed by atoms with Gasteiger partial charge in [0.25, 0.3) is 0 Å². The van der Waals surface area contributed by atoms with Gasteiger partial charge in [-0.25, -0.2) is 0 Å². The number of rotatable bonds is 9. The van der Waals surface area contributed by atoms with Crippen molar-refractivity contribution in [1.29, 1.82) is 0 Å². The summed E-state index contributed by atoms with van der Waals surface area (Å²) in [5.41, 5.74) is -0.198. The van der Waals surface area contributed by atoms with Gasteiger partial charge in [0.2, 0.25) is 11.8 Å². The third-order valence-electron chi connectivity index (χ3n) is 8.28. The maximum Gasteiger partial charge on any atom is 0.242 e. The number of nitrogens with one attached hydrogen (secondary N) is 2. The molecule has 0 aromatic carbocycles. The molecule has 5 aliphatic rings.